The highest BCUT2D eigenvalue weighted by molar-refractivity contribution is 5.71. The molecule has 0 rings (SSSR count). The van der Waals surface area contributed by atoms with Crippen LogP contribution in [0, 0.1) is 0 Å². The molecule has 0 aliphatic heterocycles. The molecule has 1 atom stereocenters. The molecule has 0 heterocycles. The monoisotopic (exact) mass is 845 g/mol. The fourth-order valence-corrected chi connectivity index (χ4v) is 7.73. The zero-order valence-electron chi connectivity index (χ0n) is 40.2. The molecule has 60 heavy (non-hydrogen) atoms. The highest BCUT2D eigenvalue weighted by atomic mass is 16.6. The Morgan fingerprint density at radius 3 is 0.917 bits per heavy atom. The van der Waals surface area contributed by atoms with Crippen molar-refractivity contribution in [3.05, 3.63) is 24.3 Å². The van der Waals surface area contributed by atoms with Gasteiger partial charge in [0.05, 0.1) is 0 Å². The van der Waals surface area contributed by atoms with Crippen LogP contribution in [0.1, 0.15) is 284 Å². The van der Waals surface area contributed by atoms with Crippen LogP contribution in [0.2, 0.25) is 0 Å². The number of allylic oxidation sites excluding steroid dienone is 4. The van der Waals surface area contributed by atoms with E-state index in [0.717, 1.165) is 64.2 Å². The van der Waals surface area contributed by atoms with Crippen molar-refractivity contribution in [1.82, 2.24) is 0 Å². The highest BCUT2D eigenvalue weighted by Gasteiger charge is 2.19. The summed E-state index contributed by atoms with van der Waals surface area (Å²) in [6.07, 6.45) is 55.9. The van der Waals surface area contributed by atoms with Gasteiger partial charge < -0.3 is 14.2 Å². The maximum atomic E-state index is 12.8. The number of hydrogen-bond donors (Lipinski definition) is 0. The molecule has 6 heteroatoms. The first kappa shape index (κ1) is 57.9. The van der Waals surface area contributed by atoms with E-state index in [0.29, 0.717) is 19.3 Å². The number of carbonyl (C=O) groups excluding carboxylic acids is 3. The van der Waals surface area contributed by atoms with E-state index in [1.54, 1.807) is 0 Å². The predicted octanol–water partition coefficient (Wildman–Crippen LogP) is 17.2. The number of unbranched alkanes of at least 4 members (excludes halogenated alkanes) is 34. The number of ether oxygens (including phenoxy) is 3. The van der Waals surface area contributed by atoms with Crippen LogP contribution in [0.25, 0.3) is 0 Å². The third-order valence-corrected chi connectivity index (χ3v) is 11.7. The maximum Gasteiger partial charge on any atom is 0.306 e. The van der Waals surface area contributed by atoms with Gasteiger partial charge in [0.25, 0.3) is 0 Å². The minimum Gasteiger partial charge on any atom is -0.462 e. The normalized spacial score (nSPS) is 12.1. The lowest BCUT2D eigenvalue weighted by Crippen LogP contribution is -2.30. The van der Waals surface area contributed by atoms with Gasteiger partial charge in [-0.3, -0.25) is 14.4 Å². The molecule has 0 aliphatic rings. The molecule has 0 aromatic heterocycles. The van der Waals surface area contributed by atoms with Gasteiger partial charge in [0, 0.05) is 19.3 Å². The fourth-order valence-electron chi connectivity index (χ4n) is 7.73. The minimum atomic E-state index is -0.770. The van der Waals surface area contributed by atoms with Crippen molar-refractivity contribution in [2.45, 2.75) is 290 Å². The van der Waals surface area contributed by atoms with Crippen LogP contribution in [0.15, 0.2) is 24.3 Å². The molecule has 0 aliphatic carbocycles. The average molecular weight is 845 g/mol. The lowest BCUT2D eigenvalue weighted by atomic mass is 10.0. The van der Waals surface area contributed by atoms with E-state index >= 15 is 0 Å². The zero-order valence-corrected chi connectivity index (χ0v) is 40.2. The topological polar surface area (TPSA) is 78.9 Å². The molecule has 0 fully saturated rings. The van der Waals surface area contributed by atoms with Crippen molar-refractivity contribution in [3.63, 3.8) is 0 Å². The number of rotatable bonds is 48. The molecule has 352 valence electrons. The SMILES string of the molecule is CCCCC/C=C\C=C/CCCCCCCCC(=O)OC(COC(=O)CCCCCCCCCCCC)COC(=O)CCCCCCCCCCCCCCCCCCC. The van der Waals surface area contributed by atoms with Gasteiger partial charge in [-0.25, -0.2) is 0 Å². The van der Waals surface area contributed by atoms with Crippen molar-refractivity contribution in [3.8, 4) is 0 Å². The first-order valence-corrected chi connectivity index (χ1v) is 26.4. The van der Waals surface area contributed by atoms with Crippen LogP contribution in [0.5, 0.6) is 0 Å². The van der Waals surface area contributed by atoms with Crippen molar-refractivity contribution in [1.29, 1.82) is 0 Å². The summed E-state index contributed by atoms with van der Waals surface area (Å²) in [6, 6.07) is 0. The Morgan fingerprint density at radius 1 is 0.333 bits per heavy atom. The van der Waals surface area contributed by atoms with E-state index < -0.39 is 6.10 Å². The van der Waals surface area contributed by atoms with Gasteiger partial charge in [0.2, 0.25) is 0 Å². The molecule has 6 nitrogen and oxygen atoms in total. The predicted molar refractivity (Wildman–Crippen MR) is 256 cm³/mol. The Hall–Kier alpha value is -2.11. The number of esters is 3. The second kappa shape index (κ2) is 49.5. The molecule has 0 saturated carbocycles. The second-order valence-electron chi connectivity index (χ2n) is 17.8. The van der Waals surface area contributed by atoms with Gasteiger partial charge in [0.1, 0.15) is 13.2 Å². The van der Waals surface area contributed by atoms with Crippen LogP contribution in [-0.2, 0) is 28.6 Å². The highest BCUT2D eigenvalue weighted by Crippen LogP contribution is 2.16. The first-order valence-electron chi connectivity index (χ1n) is 26.4. The summed E-state index contributed by atoms with van der Waals surface area (Å²) in [5.74, 6) is -0.870. The van der Waals surface area contributed by atoms with Crippen LogP contribution < -0.4 is 0 Å². The molecular formula is C54H100O6. The van der Waals surface area contributed by atoms with E-state index in [1.807, 2.05) is 0 Å². The largest absolute Gasteiger partial charge is 0.462 e. The smallest absolute Gasteiger partial charge is 0.306 e. The van der Waals surface area contributed by atoms with Crippen LogP contribution in [0.3, 0.4) is 0 Å². The van der Waals surface area contributed by atoms with Gasteiger partial charge in [-0.15, -0.1) is 0 Å². The quantitative estimate of drug-likeness (QED) is 0.0263. The minimum absolute atomic E-state index is 0.0713. The molecule has 0 bridgehead atoms. The molecule has 1 unspecified atom stereocenters. The van der Waals surface area contributed by atoms with E-state index in [-0.39, 0.29) is 31.1 Å². The van der Waals surface area contributed by atoms with Crippen molar-refractivity contribution < 1.29 is 28.6 Å². The third-order valence-electron chi connectivity index (χ3n) is 11.7. The molecular weight excluding hydrogens is 745 g/mol. The summed E-state index contributed by atoms with van der Waals surface area (Å²) in [6.45, 7) is 6.62. The van der Waals surface area contributed by atoms with E-state index in [2.05, 4.69) is 45.1 Å². The summed E-state index contributed by atoms with van der Waals surface area (Å²) in [5.41, 5.74) is 0. The van der Waals surface area contributed by atoms with Gasteiger partial charge in [-0.1, -0.05) is 244 Å². The Bertz CT molecular complexity index is 973. The molecule has 0 aromatic rings. The van der Waals surface area contributed by atoms with Gasteiger partial charge in [0.15, 0.2) is 6.10 Å². The maximum absolute atomic E-state index is 12.8. The van der Waals surface area contributed by atoms with Gasteiger partial charge in [-0.2, -0.15) is 0 Å². The molecule has 0 aromatic carbocycles. The third kappa shape index (κ3) is 46.9. The lowest BCUT2D eigenvalue weighted by Gasteiger charge is -2.18. The van der Waals surface area contributed by atoms with Gasteiger partial charge in [-0.05, 0) is 44.9 Å². The van der Waals surface area contributed by atoms with Crippen LogP contribution in [-0.4, -0.2) is 37.2 Å². The molecule has 0 saturated heterocycles. The van der Waals surface area contributed by atoms with E-state index in [1.165, 1.54) is 180 Å². The molecule has 0 amide bonds. The summed E-state index contributed by atoms with van der Waals surface area (Å²) in [4.78, 5) is 37.9. The summed E-state index contributed by atoms with van der Waals surface area (Å²) < 4.78 is 16.8. The second-order valence-corrected chi connectivity index (χ2v) is 17.8. The summed E-state index contributed by atoms with van der Waals surface area (Å²) in [5, 5.41) is 0. The summed E-state index contributed by atoms with van der Waals surface area (Å²) >= 11 is 0. The van der Waals surface area contributed by atoms with E-state index in [4.69, 9.17) is 14.2 Å². The van der Waals surface area contributed by atoms with Crippen molar-refractivity contribution >= 4 is 17.9 Å². The van der Waals surface area contributed by atoms with Crippen molar-refractivity contribution in [2.24, 2.45) is 0 Å². The Labute approximate surface area is 373 Å². The van der Waals surface area contributed by atoms with Crippen LogP contribution in [0.4, 0.5) is 0 Å². The summed E-state index contributed by atoms with van der Waals surface area (Å²) in [7, 11) is 0. The number of hydrogen-bond acceptors (Lipinski definition) is 6. The Kier molecular flexibility index (Phi) is 47.8. The fraction of sp³-hybridized carbons (Fsp3) is 0.870. The standard InChI is InChI=1S/C54H100O6/c1-4-7-10-13-16-19-22-24-26-27-29-30-32-35-38-41-44-47-53(56)59-50-51(49-58-52(55)46-43-40-37-34-21-18-15-12-9-6-3)60-54(57)48-45-42-39-36-33-31-28-25-23-20-17-14-11-8-5-2/h17,20,23,25,51H,4-16,18-19,21-22,24,26-50H2,1-3H3/b20-17-,25-23-. The average Bonchev–Trinajstić information content (AvgIpc) is 3.24. The van der Waals surface area contributed by atoms with Crippen LogP contribution >= 0.6 is 0 Å². The lowest BCUT2D eigenvalue weighted by molar-refractivity contribution is -0.167. The molecule has 0 spiro atoms. The van der Waals surface area contributed by atoms with Crippen molar-refractivity contribution in [2.75, 3.05) is 13.2 Å². The first-order chi connectivity index (χ1) is 29.5. The Morgan fingerprint density at radius 2 is 0.583 bits per heavy atom. The molecule has 0 N–H and O–H groups in total. The molecule has 0 radical (unpaired) electrons. The zero-order chi connectivity index (χ0) is 43.7. The van der Waals surface area contributed by atoms with Gasteiger partial charge >= 0.3 is 17.9 Å². The Balaban J connectivity index is 4.31. The number of carbonyl (C=O) groups is 3. The van der Waals surface area contributed by atoms with E-state index in [9.17, 15) is 14.4 Å².